The lowest BCUT2D eigenvalue weighted by atomic mass is 9.83. The van der Waals surface area contributed by atoms with Crippen LogP contribution in [-0.2, 0) is 15.3 Å². The van der Waals surface area contributed by atoms with Crippen LogP contribution in [0, 0.1) is 18.8 Å². The fourth-order valence-electron chi connectivity index (χ4n) is 4.93. The van der Waals surface area contributed by atoms with Crippen molar-refractivity contribution < 1.29 is 14.3 Å². The zero-order chi connectivity index (χ0) is 24.3. The zero-order valence-electron chi connectivity index (χ0n) is 20.2. The van der Waals surface area contributed by atoms with E-state index >= 15 is 0 Å². The van der Waals surface area contributed by atoms with Crippen molar-refractivity contribution in [1.29, 1.82) is 0 Å². The molecule has 0 aromatic heterocycles. The second-order valence-corrected chi connectivity index (χ2v) is 10.6. The Kier molecular flexibility index (Phi) is 8.21. The van der Waals surface area contributed by atoms with Crippen molar-refractivity contribution in [3.8, 4) is 0 Å². The van der Waals surface area contributed by atoms with Crippen LogP contribution in [-0.4, -0.2) is 49.7 Å². The number of ether oxygens (including phenoxy) is 2. The van der Waals surface area contributed by atoms with E-state index in [0.29, 0.717) is 34.7 Å². The molecular weight excluding hydrogens is 471 g/mol. The molecule has 0 spiro atoms. The molecule has 0 bridgehead atoms. The van der Waals surface area contributed by atoms with Gasteiger partial charge in [-0.15, -0.1) is 0 Å². The molecule has 1 atom stereocenters. The third-order valence-electron chi connectivity index (χ3n) is 7.05. The van der Waals surface area contributed by atoms with E-state index in [4.69, 9.17) is 32.7 Å². The average Bonchev–Trinajstić information content (AvgIpc) is 3.32. The van der Waals surface area contributed by atoms with Gasteiger partial charge in [-0.05, 0) is 63.0 Å². The SMILES string of the molecule is Cc1ccc(C(=O)NC(CN2CCC(C3(c4ccc(Cl)c(Cl)c4)OCCO3)CC2)C(C)C)cc1. The van der Waals surface area contributed by atoms with Gasteiger partial charge < -0.3 is 19.7 Å². The van der Waals surface area contributed by atoms with Gasteiger partial charge in [0, 0.05) is 29.6 Å². The van der Waals surface area contributed by atoms with Gasteiger partial charge in [0.2, 0.25) is 0 Å². The number of likely N-dealkylation sites (tertiary alicyclic amines) is 1. The summed E-state index contributed by atoms with van der Waals surface area (Å²) in [6.07, 6.45) is 1.88. The summed E-state index contributed by atoms with van der Waals surface area (Å²) in [5.41, 5.74) is 2.78. The standard InChI is InChI=1S/C27H34Cl2N2O3/c1-18(2)25(30-26(32)20-6-4-19(3)5-7-20)17-31-12-10-21(11-13-31)27(33-14-15-34-27)22-8-9-23(28)24(29)16-22/h4-9,16,18,21,25H,10-15,17H2,1-3H3,(H,30,32). The summed E-state index contributed by atoms with van der Waals surface area (Å²) in [7, 11) is 0. The topological polar surface area (TPSA) is 50.8 Å². The van der Waals surface area contributed by atoms with Crippen molar-refractivity contribution in [3.05, 3.63) is 69.2 Å². The molecule has 1 N–H and O–H groups in total. The lowest BCUT2D eigenvalue weighted by Gasteiger charge is -2.42. The van der Waals surface area contributed by atoms with E-state index in [9.17, 15) is 4.79 Å². The van der Waals surface area contributed by atoms with Crippen LogP contribution in [0.3, 0.4) is 0 Å². The van der Waals surface area contributed by atoms with Crippen LogP contribution in [0.15, 0.2) is 42.5 Å². The molecule has 2 fully saturated rings. The predicted molar refractivity (Wildman–Crippen MR) is 136 cm³/mol. The largest absolute Gasteiger partial charge is 0.348 e. The fraction of sp³-hybridized carbons (Fsp3) is 0.519. The molecule has 2 aromatic carbocycles. The number of benzene rings is 2. The molecule has 5 nitrogen and oxygen atoms in total. The molecule has 2 aromatic rings. The Morgan fingerprint density at radius 1 is 1.06 bits per heavy atom. The average molecular weight is 505 g/mol. The Bertz CT molecular complexity index is 982. The summed E-state index contributed by atoms with van der Waals surface area (Å²) >= 11 is 12.5. The zero-order valence-corrected chi connectivity index (χ0v) is 21.7. The van der Waals surface area contributed by atoms with E-state index in [0.717, 1.165) is 43.6 Å². The van der Waals surface area contributed by atoms with Gasteiger partial charge in [-0.2, -0.15) is 0 Å². The molecule has 1 unspecified atom stereocenters. The van der Waals surface area contributed by atoms with E-state index in [1.54, 1.807) is 0 Å². The summed E-state index contributed by atoms with van der Waals surface area (Å²) in [5, 5.41) is 4.30. The van der Waals surface area contributed by atoms with E-state index in [-0.39, 0.29) is 17.9 Å². The lowest BCUT2D eigenvalue weighted by Crippen LogP contribution is -2.50. The van der Waals surface area contributed by atoms with Crippen LogP contribution < -0.4 is 5.32 Å². The number of halogens is 2. The van der Waals surface area contributed by atoms with E-state index in [2.05, 4.69) is 24.1 Å². The first-order chi connectivity index (χ1) is 16.3. The van der Waals surface area contributed by atoms with Gasteiger partial charge in [-0.25, -0.2) is 0 Å². The maximum Gasteiger partial charge on any atom is 0.251 e. The fourth-order valence-corrected chi connectivity index (χ4v) is 5.23. The number of aryl methyl sites for hydroxylation is 1. The van der Waals surface area contributed by atoms with Crippen molar-refractivity contribution >= 4 is 29.1 Å². The van der Waals surface area contributed by atoms with E-state index < -0.39 is 5.79 Å². The van der Waals surface area contributed by atoms with Crippen molar-refractivity contribution in [3.63, 3.8) is 0 Å². The highest BCUT2D eigenvalue weighted by Gasteiger charge is 2.47. The van der Waals surface area contributed by atoms with Gasteiger partial charge in [-0.1, -0.05) is 60.8 Å². The van der Waals surface area contributed by atoms with Gasteiger partial charge in [-0.3, -0.25) is 4.79 Å². The quantitative estimate of drug-likeness (QED) is 0.527. The number of hydrogen-bond donors (Lipinski definition) is 1. The van der Waals surface area contributed by atoms with Gasteiger partial charge in [0.25, 0.3) is 5.91 Å². The van der Waals surface area contributed by atoms with Crippen LogP contribution in [0.25, 0.3) is 0 Å². The predicted octanol–water partition coefficient (Wildman–Crippen LogP) is 5.67. The second kappa shape index (κ2) is 11.0. The highest BCUT2D eigenvalue weighted by atomic mass is 35.5. The molecule has 184 valence electrons. The molecule has 4 rings (SSSR count). The van der Waals surface area contributed by atoms with Gasteiger partial charge in [0.05, 0.1) is 23.3 Å². The van der Waals surface area contributed by atoms with Crippen molar-refractivity contribution in [2.24, 2.45) is 11.8 Å². The Hall–Kier alpha value is -1.63. The number of hydrogen-bond acceptors (Lipinski definition) is 4. The number of carbonyl (C=O) groups excluding carboxylic acids is 1. The molecule has 0 radical (unpaired) electrons. The molecule has 2 saturated heterocycles. The second-order valence-electron chi connectivity index (χ2n) is 9.76. The molecule has 34 heavy (non-hydrogen) atoms. The van der Waals surface area contributed by atoms with Gasteiger partial charge >= 0.3 is 0 Å². The Morgan fingerprint density at radius 3 is 2.29 bits per heavy atom. The highest BCUT2D eigenvalue weighted by molar-refractivity contribution is 6.42. The van der Waals surface area contributed by atoms with Crippen LogP contribution in [0.1, 0.15) is 48.2 Å². The Labute approximate surface area is 212 Å². The third-order valence-corrected chi connectivity index (χ3v) is 7.79. The molecule has 0 aliphatic carbocycles. The number of carbonyl (C=O) groups is 1. The van der Waals surface area contributed by atoms with Crippen molar-refractivity contribution in [1.82, 2.24) is 10.2 Å². The smallest absolute Gasteiger partial charge is 0.251 e. The van der Waals surface area contributed by atoms with Crippen LogP contribution in [0.4, 0.5) is 0 Å². The normalized spacial score (nSPS) is 19.9. The molecule has 2 aliphatic heterocycles. The summed E-state index contributed by atoms with van der Waals surface area (Å²) in [6, 6.07) is 13.4. The minimum atomic E-state index is -0.766. The van der Waals surface area contributed by atoms with Crippen LogP contribution in [0.5, 0.6) is 0 Å². The van der Waals surface area contributed by atoms with E-state index in [1.807, 2.05) is 49.4 Å². The summed E-state index contributed by atoms with van der Waals surface area (Å²) in [4.78, 5) is 15.2. The highest BCUT2D eigenvalue weighted by Crippen LogP contribution is 2.44. The minimum absolute atomic E-state index is 0.0140. The number of piperidine rings is 1. The van der Waals surface area contributed by atoms with Crippen molar-refractivity contribution in [2.45, 2.75) is 45.4 Å². The Balaban J connectivity index is 1.39. The van der Waals surface area contributed by atoms with Crippen LogP contribution in [0.2, 0.25) is 10.0 Å². The molecule has 1 amide bonds. The molecular formula is C27H34Cl2N2O3. The molecule has 2 aliphatic rings. The maximum absolute atomic E-state index is 12.8. The summed E-state index contributed by atoms with van der Waals surface area (Å²) in [6.45, 7) is 10.1. The van der Waals surface area contributed by atoms with Gasteiger partial charge in [0.1, 0.15) is 0 Å². The minimum Gasteiger partial charge on any atom is -0.348 e. The molecule has 0 saturated carbocycles. The van der Waals surface area contributed by atoms with E-state index in [1.165, 1.54) is 0 Å². The van der Waals surface area contributed by atoms with Crippen LogP contribution >= 0.6 is 23.2 Å². The maximum atomic E-state index is 12.8. The lowest BCUT2D eigenvalue weighted by molar-refractivity contribution is -0.214. The monoisotopic (exact) mass is 504 g/mol. The number of nitrogens with zero attached hydrogens (tertiary/aromatic N) is 1. The van der Waals surface area contributed by atoms with Gasteiger partial charge in [0.15, 0.2) is 5.79 Å². The summed E-state index contributed by atoms with van der Waals surface area (Å²) < 4.78 is 12.5. The summed E-state index contributed by atoms with van der Waals surface area (Å²) in [5.74, 6) is -0.225. The Morgan fingerprint density at radius 2 is 1.71 bits per heavy atom. The number of rotatable bonds is 7. The molecule has 2 heterocycles. The number of amides is 1. The first-order valence-electron chi connectivity index (χ1n) is 12.1. The first kappa shape index (κ1) is 25.5. The van der Waals surface area contributed by atoms with Crippen molar-refractivity contribution in [2.75, 3.05) is 32.8 Å². The third kappa shape index (κ3) is 5.60. The first-order valence-corrected chi connectivity index (χ1v) is 12.9. The molecule has 7 heteroatoms. The number of nitrogens with one attached hydrogen (secondary N) is 1.